The number of nitrogens with zero attached hydrogens (tertiary/aromatic N) is 4. The SMILES string of the molecule is CCCC(=NC(CC)c1cccc(Br)n1)/C1=C/CCC=Cc2c1cnn2-c1ccc(F)cc1. The number of halogens is 2. The zero-order valence-electron chi connectivity index (χ0n) is 19.0. The molecule has 1 aliphatic carbocycles. The fraction of sp³-hybridized carbons (Fsp3) is 0.296. The highest BCUT2D eigenvalue weighted by molar-refractivity contribution is 9.10. The van der Waals surface area contributed by atoms with Gasteiger partial charge in [-0.1, -0.05) is 38.5 Å². The second kappa shape index (κ2) is 10.8. The standard InChI is InChI=1S/C27H28BrFN4/c1-3-9-24(31-23(4-2)25-11-8-13-27(28)32-25)21-10-6-5-7-12-26-22(21)18-30-33(26)20-16-14-19(29)15-17-20/h7-8,10-18,23H,3-6,9H2,1-2H3/b12-7?,21-10+,31-24?. The zero-order chi connectivity index (χ0) is 23.2. The molecule has 0 saturated heterocycles. The Morgan fingerprint density at radius 1 is 1.15 bits per heavy atom. The minimum absolute atomic E-state index is 0.0125. The van der Waals surface area contributed by atoms with Crippen LogP contribution in [0.15, 0.2) is 70.4 Å². The zero-order valence-corrected chi connectivity index (χ0v) is 20.6. The minimum Gasteiger partial charge on any atom is -0.279 e. The van der Waals surface area contributed by atoms with Gasteiger partial charge in [-0.05, 0) is 84.1 Å². The molecule has 2 aromatic heterocycles. The van der Waals surface area contributed by atoms with Gasteiger partial charge in [-0.3, -0.25) is 4.99 Å². The van der Waals surface area contributed by atoms with Crippen LogP contribution in [0.1, 0.15) is 68.9 Å². The van der Waals surface area contributed by atoms with Crippen LogP contribution in [-0.4, -0.2) is 20.5 Å². The van der Waals surface area contributed by atoms with Crippen LogP contribution in [-0.2, 0) is 0 Å². The third-order valence-electron chi connectivity index (χ3n) is 5.70. The Kier molecular flexibility index (Phi) is 7.65. The molecule has 1 atom stereocenters. The summed E-state index contributed by atoms with van der Waals surface area (Å²) in [6.45, 7) is 4.33. The third kappa shape index (κ3) is 5.38. The van der Waals surface area contributed by atoms with Gasteiger partial charge in [0, 0.05) is 16.8 Å². The first-order valence-corrected chi connectivity index (χ1v) is 12.3. The Morgan fingerprint density at radius 3 is 2.70 bits per heavy atom. The van der Waals surface area contributed by atoms with E-state index in [4.69, 9.17) is 4.99 Å². The maximum Gasteiger partial charge on any atom is 0.123 e. The highest BCUT2D eigenvalue weighted by Crippen LogP contribution is 2.31. The highest BCUT2D eigenvalue weighted by Gasteiger charge is 2.20. The first-order chi connectivity index (χ1) is 16.1. The Bertz CT molecular complexity index is 1190. The van der Waals surface area contributed by atoms with E-state index in [0.29, 0.717) is 0 Å². The Hall–Kier alpha value is -2.86. The van der Waals surface area contributed by atoms with E-state index >= 15 is 0 Å². The van der Waals surface area contributed by atoms with Gasteiger partial charge in [0.1, 0.15) is 10.4 Å². The largest absolute Gasteiger partial charge is 0.279 e. The second-order valence-corrected chi connectivity index (χ2v) is 8.88. The number of pyridine rings is 1. The summed E-state index contributed by atoms with van der Waals surface area (Å²) < 4.78 is 16.2. The van der Waals surface area contributed by atoms with Crippen molar-refractivity contribution >= 4 is 33.3 Å². The topological polar surface area (TPSA) is 43.1 Å². The lowest BCUT2D eigenvalue weighted by Gasteiger charge is -2.17. The summed E-state index contributed by atoms with van der Waals surface area (Å²) >= 11 is 3.49. The van der Waals surface area contributed by atoms with Crippen molar-refractivity contribution in [2.45, 2.75) is 52.0 Å². The molecule has 0 bridgehead atoms. The molecular formula is C27H28BrFN4. The van der Waals surface area contributed by atoms with Gasteiger partial charge in [-0.2, -0.15) is 5.10 Å². The lowest BCUT2D eigenvalue weighted by atomic mass is 9.94. The smallest absolute Gasteiger partial charge is 0.123 e. The number of aromatic nitrogens is 3. The number of benzene rings is 1. The molecule has 2 heterocycles. The van der Waals surface area contributed by atoms with Crippen molar-refractivity contribution in [1.29, 1.82) is 0 Å². The van der Waals surface area contributed by atoms with E-state index in [-0.39, 0.29) is 11.9 Å². The van der Waals surface area contributed by atoms with Gasteiger partial charge >= 0.3 is 0 Å². The fourth-order valence-electron chi connectivity index (χ4n) is 4.09. The molecule has 3 aromatic rings. The maximum absolute atomic E-state index is 13.5. The van der Waals surface area contributed by atoms with Gasteiger partial charge in [-0.15, -0.1) is 0 Å². The molecule has 1 aromatic carbocycles. The van der Waals surface area contributed by atoms with Crippen LogP contribution in [0.2, 0.25) is 0 Å². The summed E-state index contributed by atoms with van der Waals surface area (Å²) in [4.78, 5) is 9.90. The van der Waals surface area contributed by atoms with Crippen molar-refractivity contribution in [3.8, 4) is 5.69 Å². The summed E-state index contributed by atoms with van der Waals surface area (Å²) in [5.41, 5.74) is 6.07. The Balaban J connectivity index is 1.79. The van der Waals surface area contributed by atoms with Gasteiger partial charge in [0.15, 0.2) is 0 Å². The summed E-state index contributed by atoms with van der Waals surface area (Å²) in [6.07, 6.45) is 13.1. The molecule has 1 aliphatic rings. The lowest BCUT2D eigenvalue weighted by molar-refractivity contribution is 0.627. The van der Waals surface area contributed by atoms with Crippen LogP contribution in [0, 0.1) is 5.82 Å². The van der Waals surface area contributed by atoms with Gasteiger partial charge < -0.3 is 0 Å². The number of aliphatic imine (C=N–C) groups is 1. The van der Waals surface area contributed by atoms with E-state index in [9.17, 15) is 4.39 Å². The predicted molar refractivity (Wildman–Crippen MR) is 137 cm³/mol. The average Bonchev–Trinajstić information content (AvgIpc) is 3.20. The Labute approximate surface area is 203 Å². The normalized spacial score (nSPS) is 16.5. The van der Waals surface area contributed by atoms with Crippen molar-refractivity contribution in [2.75, 3.05) is 0 Å². The van der Waals surface area contributed by atoms with E-state index < -0.39 is 0 Å². The summed E-state index contributed by atoms with van der Waals surface area (Å²) in [6, 6.07) is 12.4. The molecular weight excluding hydrogens is 479 g/mol. The van der Waals surface area contributed by atoms with E-state index in [0.717, 1.165) is 70.6 Å². The molecule has 0 fully saturated rings. The number of hydrogen-bond donors (Lipinski definition) is 0. The van der Waals surface area contributed by atoms with E-state index in [1.165, 1.54) is 12.1 Å². The average molecular weight is 507 g/mol. The number of hydrogen-bond acceptors (Lipinski definition) is 3. The molecule has 4 nitrogen and oxygen atoms in total. The van der Waals surface area contributed by atoms with E-state index in [1.807, 2.05) is 29.1 Å². The first-order valence-electron chi connectivity index (χ1n) is 11.5. The second-order valence-electron chi connectivity index (χ2n) is 8.06. The van der Waals surface area contributed by atoms with Crippen molar-refractivity contribution in [3.05, 3.63) is 88.2 Å². The van der Waals surface area contributed by atoms with Crippen LogP contribution < -0.4 is 0 Å². The molecule has 1 unspecified atom stereocenters. The predicted octanol–water partition coefficient (Wildman–Crippen LogP) is 7.75. The summed E-state index contributed by atoms with van der Waals surface area (Å²) in [7, 11) is 0. The summed E-state index contributed by atoms with van der Waals surface area (Å²) in [5, 5.41) is 4.67. The lowest BCUT2D eigenvalue weighted by Crippen LogP contribution is -2.09. The molecule has 33 heavy (non-hydrogen) atoms. The van der Waals surface area contributed by atoms with Gasteiger partial charge in [0.25, 0.3) is 0 Å². The molecule has 170 valence electrons. The van der Waals surface area contributed by atoms with Crippen LogP contribution >= 0.6 is 15.9 Å². The molecule has 0 amide bonds. The molecule has 0 spiro atoms. The van der Waals surface area contributed by atoms with Crippen molar-refractivity contribution in [2.24, 2.45) is 4.99 Å². The van der Waals surface area contributed by atoms with Gasteiger partial charge in [0.2, 0.25) is 0 Å². The van der Waals surface area contributed by atoms with Crippen molar-refractivity contribution in [1.82, 2.24) is 14.8 Å². The number of allylic oxidation sites excluding steroid dienone is 3. The maximum atomic E-state index is 13.5. The van der Waals surface area contributed by atoms with Crippen LogP contribution in [0.5, 0.6) is 0 Å². The van der Waals surface area contributed by atoms with Crippen molar-refractivity contribution in [3.63, 3.8) is 0 Å². The molecule has 0 saturated carbocycles. The highest BCUT2D eigenvalue weighted by atomic mass is 79.9. The number of fused-ring (bicyclic) bond motifs is 1. The van der Waals surface area contributed by atoms with Crippen LogP contribution in [0.3, 0.4) is 0 Å². The van der Waals surface area contributed by atoms with Crippen LogP contribution in [0.4, 0.5) is 4.39 Å². The first kappa shape index (κ1) is 23.3. The van der Waals surface area contributed by atoms with E-state index in [1.54, 1.807) is 12.1 Å². The molecule has 0 N–H and O–H groups in total. The minimum atomic E-state index is -0.256. The molecule has 0 aliphatic heterocycles. The third-order valence-corrected chi connectivity index (χ3v) is 6.14. The molecule has 6 heteroatoms. The van der Waals surface area contributed by atoms with Crippen LogP contribution in [0.25, 0.3) is 17.3 Å². The molecule has 0 radical (unpaired) electrons. The number of rotatable bonds is 7. The fourth-order valence-corrected chi connectivity index (χ4v) is 4.44. The monoisotopic (exact) mass is 506 g/mol. The van der Waals surface area contributed by atoms with Gasteiger partial charge in [-0.25, -0.2) is 14.1 Å². The van der Waals surface area contributed by atoms with Gasteiger partial charge in [0.05, 0.1) is 29.3 Å². The quantitative estimate of drug-likeness (QED) is 0.242. The Morgan fingerprint density at radius 2 is 1.97 bits per heavy atom. The van der Waals surface area contributed by atoms with E-state index in [2.05, 4.69) is 58.1 Å². The molecule has 4 rings (SSSR count). The summed E-state index contributed by atoms with van der Waals surface area (Å²) in [5.74, 6) is -0.256. The van der Waals surface area contributed by atoms with Crippen molar-refractivity contribution < 1.29 is 4.39 Å².